The fraction of sp³-hybridized carbons (Fsp3) is 0.391. The van der Waals surface area contributed by atoms with Crippen LogP contribution in [0.15, 0.2) is 41.3 Å². The zero-order valence-corrected chi connectivity index (χ0v) is 19.3. The Kier molecular flexibility index (Phi) is 7.93. The molecule has 0 aliphatic carbocycles. The van der Waals surface area contributed by atoms with Gasteiger partial charge in [-0.05, 0) is 48.6 Å². The number of nitrogens with two attached hydrogens (primary N) is 1. The standard InChI is InChI=1S/C23H28N2O7S/c1-31-20-8-3-2-6-16(20)9-12-25(23(27)28)11-5-4-7-19(26)18-14-17-10-13-32-22(17)21(15-18)33(24,29)30/h2-3,6,8,14-15H,4-5,7,9-13H2,1H3,(H,27,28)(H2,24,29,30). The number of carbonyl (C=O) groups excluding carboxylic acids is 1. The molecule has 1 aliphatic rings. The zero-order chi connectivity index (χ0) is 24.0. The van der Waals surface area contributed by atoms with E-state index >= 15 is 0 Å². The van der Waals surface area contributed by atoms with E-state index in [0.29, 0.717) is 50.1 Å². The fourth-order valence-electron chi connectivity index (χ4n) is 3.85. The molecule has 9 nitrogen and oxygen atoms in total. The Bertz CT molecular complexity index is 1130. The summed E-state index contributed by atoms with van der Waals surface area (Å²) in [6.07, 6.45) is 1.15. The van der Waals surface area contributed by atoms with Crippen LogP contribution in [0.25, 0.3) is 0 Å². The number of carbonyl (C=O) groups is 2. The Balaban J connectivity index is 1.55. The van der Waals surface area contributed by atoms with Crippen molar-refractivity contribution < 1.29 is 32.6 Å². The van der Waals surface area contributed by atoms with Crippen molar-refractivity contribution in [1.82, 2.24) is 4.90 Å². The van der Waals surface area contributed by atoms with Crippen LogP contribution in [0.5, 0.6) is 11.5 Å². The van der Waals surface area contributed by atoms with E-state index < -0.39 is 16.1 Å². The molecular formula is C23H28N2O7S. The van der Waals surface area contributed by atoms with E-state index in [1.807, 2.05) is 24.3 Å². The maximum Gasteiger partial charge on any atom is 0.407 e. The number of methoxy groups -OCH3 is 1. The molecule has 0 unspecified atom stereocenters. The molecule has 0 atom stereocenters. The van der Waals surface area contributed by atoms with Crippen LogP contribution in [0.2, 0.25) is 0 Å². The molecule has 3 N–H and O–H groups in total. The van der Waals surface area contributed by atoms with Gasteiger partial charge in [0.25, 0.3) is 0 Å². The van der Waals surface area contributed by atoms with Gasteiger partial charge in [0.1, 0.15) is 16.4 Å². The van der Waals surface area contributed by atoms with Crippen molar-refractivity contribution >= 4 is 21.9 Å². The Morgan fingerprint density at radius 3 is 2.64 bits per heavy atom. The van der Waals surface area contributed by atoms with Gasteiger partial charge >= 0.3 is 6.09 Å². The minimum absolute atomic E-state index is 0.170. The Morgan fingerprint density at radius 2 is 1.94 bits per heavy atom. The number of ketones is 1. The van der Waals surface area contributed by atoms with Crippen molar-refractivity contribution in [2.24, 2.45) is 5.14 Å². The van der Waals surface area contributed by atoms with Crippen molar-refractivity contribution in [2.75, 3.05) is 26.8 Å². The van der Waals surface area contributed by atoms with Crippen LogP contribution < -0.4 is 14.6 Å². The Morgan fingerprint density at radius 1 is 1.18 bits per heavy atom. The smallest absolute Gasteiger partial charge is 0.407 e. The molecule has 0 saturated heterocycles. The van der Waals surface area contributed by atoms with Gasteiger partial charge in [-0.1, -0.05) is 18.2 Å². The molecule has 2 aromatic carbocycles. The molecule has 178 valence electrons. The summed E-state index contributed by atoms with van der Waals surface area (Å²) in [7, 11) is -2.45. The van der Waals surface area contributed by atoms with Crippen LogP contribution in [0, 0.1) is 0 Å². The summed E-state index contributed by atoms with van der Waals surface area (Å²) in [6, 6.07) is 10.4. The van der Waals surface area contributed by atoms with Crippen molar-refractivity contribution in [3.63, 3.8) is 0 Å². The van der Waals surface area contributed by atoms with Crippen molar-refractivity contribution in [3.05, 3.63) is 53.1 Å². The highest BCUT2D eigenvalue weighted by Gasteiger charge is 2.25. The topological polar surface area (TPSA) is 136 Å². The summed E-state index contributed by atoms with van der Waals surface area (Å²) >= 11 is 0. The lowest BCUT2D eigenvalue weighted by atomic mass is 10.0. The van der Waals surface area contributed by atoms with Gasteiger partial charge in [-0.2, -0.15) is 0 Å². The second-order valence-corrected chi connectivity index (χ2v) is 9.35. The van der Waals surface area contributed by atoms with Crippen LogP contribution in [0.3, 0.4) is 0 Å². The van der Waals surface area contributed by atoms with Crippen LogP contribution in [-0.4, -0.2) is 57.1 Å². The van der Waals surface area contributed by atoms with Gasteiger partial charge in [-0.15, -0.1) is 0 Å². The first-order valence-corrected chi connectivity index (χ1v) is 12.2. The quantitative estimate of drug-likeness (QED) is 0.376. The highest BCUT2D eigenvalue weighted by Crippen LogP contribution is 2.34. The second kappa shape index (κ2) is 10.7. The molecule has 3 rings (SSSR count). The average Bonchev–Trinajstić information content (AvgIpc) is 3.25. The Labute approximate surface area is 193 Å². The monoisotopic (exact) mass is 476 g/mol. The molecule has 1 heterocycles. The molecule has 0 aromatic heterocycles. The molecule has 0 spiro atoms. The van der Waals surface area contributed by atoms with Gasteiger partial charge in [-0.25, -0.2) is 18.4 Å². The maximum atomic E-state index is 12.7. The molecule has 0 saturated carbocycles. The third-order valence-corrected chi connectivity index (χ3v) is 6.49. The molecule has 10 heteroatoms. The van der Waals surface area contributed by atoms with E-state index in [0.717, 1.165) is 5.56 Å². The number of para-hydroxylation sites is 1. The van der Waals surface area contributed by atoms with E-state index in [1.165, 1.54) is 11.0 Å². The number of amides is 1. The molecule has 33 heavy (non-hydrogen) atoms. The molecule has 2 aromatic rings. The number of sulfonamides is 1. The van der Waals surface area contributed by atoms with E-state index in [2.05, 4.69) is 0 Å². The molecule has 0 fully saturated rings. The van der Waals surface area contributed by atoms with Gasteiger partial charge in [-0.3, -0.25) is 4.79 Å². The minimum Gasteiger partial charge on any atom is -0.496 e. The summed E-state index contributed by atoms with van der Waals surface area (Å²) in [5.41, 5.74) is 1.85. The number of hydrogen-bond acceptors (Lipinski definition) is 6. The van der Waals surface area contributed by atoms with Gasteiger partial charge < -0.3 is 19.5 Å². The van der Waals surface area contributed by atoms with Gasteiger partial charge in [0, 0.05) is 31.5 Å². The van der Waals surface area contributed by atoms with E-state index in [-0.39, 0.29) is 35.0 Å². The number of carboxylic acid groups (broad SMARTS) is 1. The molecule has 0 bridgehead atoms. The fourth-order valence-corrected chi connectivity index (χ4v) is 4.59. The zero-order valence-electron chi connectivity index (χ0n) is 18.5. The predicted molar refractivity (Wildman–Crippen MR) is 121 cm³/mol. The summed E-state index contributed by atoms with van der Waals surface area (Å²) in [5.74, 6) is 0.721. The summed E-state index contributed by atoms with van der Waals surface area (Å²) < 4.78 is 34.5. The summed E-state index contributed by atoms with van der Waals surface area (Å²) in [5, 5.41) is 14.8. The third-order valence-electron chi connectivity index (χ3n) is 5.57. The van der Waals surface area contributed by atoms with Crippen LogP contribution in [0.1, 0.15) is 40.7 Å². The van der Waals surface area contributed by atoms with Gasteiger partial charge in [0.05, 0.1) is 13.7 Å². The number of rotatable bonds is 11. The first-order valence-electron chi connectivity index (χ1n) is 10.7. The second-order valence-electron chi connectivity index (χ2n) is 7.82. The van der Waals surface area contributed by atoms with Gasteiger partial charge in [0.2, 0.25) is 10.0 Å². The lowest BCUT2D eigenvalue weighted by molar-refractivity contribution is 0.0977. The van der Waals surface area contributed by atoms with Crippen molar-refractivity contribution in [3.8, 4) is 11.5 Å². The lowest BCUT2D eigenvalue weighted by Gasteiger charge is -2.19. The first kappa shape index (κ1) is 24.5. The minimum atomic E-state index is -4.02. The molecule has 1 amide bonds. The predicted octanol–water partition coefficient (Wildman–Crippen LogP) is 2.85. The molecular weight excluding hydrogens is 448 g/mol. The number of benzene rings is 2. The maximum absolute atomic E-state index is 12.7. The van der Waals surface area contributed by atoms with Crippen molar-refractivity contribution in [1.29, 1.82) is 0 Å². The molecule has 1 aliphatic heterocycles. The number of hydrogen-bond donors (Lipinski definition) is 2. The number of Topliss-reactive ketones (excluding diaryl/α,β-unsaturated/α-hetero) is 1. The molecule has 0 radical (unpaired) electrons. The number of fused-ring (bicyclic) bond motifs is 1. The van der Waals surface area contributed by atoms with E-state index in [9.17, 15) is 23.1 Å². The lowest BCUT2D eigenvalue weighted by Crippen LogP contribution is -2.32. The van der Waals surface area contributed by atoms with Crippen LogP contribution in [0.4, 0.5) is 4.79 Å². The largest absolute Gasteiger partial charge is 0.496 e. The SMILES string of the molecule is COc1ccccc1CCN(CCCCC(=O)c1cc2c(c(S(N)(=O)=O)c1)OCC2)C(=O)O. The number of primary sulfonamides is 1. The highest BCUT2D eigenvalue weighted by atomic mass is 32.2. The highest BCUT2D eigenvalue weighted by molar-refractivity contribution is 7.89. The summed E-state index contributed by atoms with van der Waals surface area (Å²) in [6.45, 7) is 0.944. The third kappa shape index (κ3) is 6.23. The normalized spacial score (nSPS) is 12.7. The average molecular weight is 477 g/mol. The van der Waals surface area contributed by atoms with Crippen LogP contribution in [-0.2, 0) is 22.9 Å². The van der Waals surface area contributed by atoms with Gasteiger partial charge in [0.15, 0.2) is 5.78 Å². The summed E-state index contributed by atoms with van der Waals surface area (Å²) in [4.78, 5) is 25.4. The van der Waals surface area contributed by atoms with Crippen molar-refractivity contribution in [2.45, 2.75) is 37.0 Å². The van der Waals surface area contributed by atoms with Crippen LogP contribution >= 0.6 is 0 Å². The number of unbranched alkanes of at least 4 members (excludes halogenated alkanes) is 1. The first-order chi connectivity index (χ1) is 15.7. The number of nitrogens with zero attached hydrogens (tertiary/aromatic N) is 1. The number of ether oxygens (including phenoxy) is 2. The van der Waals surface area contributed by atoms with E-state index in [4.69, 9.17) is 14.6 Å². The Hall–Kier alpha value is -3.11. The van der Waals surface area contributed by atoms with E-state index in [1.54, 1.807) is 13.2 Å².